The first kappa shape index (κ1) is 26.5. The molecule has 0 saturated heterocycles. The zero-order valence-corrected chi connectivity index (χ0v) is 19.9. The van der Waals surface area contributed by atoms with E-state index in [9.17, 15) is 22.0 Å². The van der Waals surface area contributed by atoms with Gasteiger partial charge >= 0.3 is 6.11 Å². The Kier molecular flexibility index (Phi) is 9.78. The van der Waals surface area contributed by atoms with Crippen LogP contribution in [0.15, 0.2) is 36.4 Å². The van der Waals surface area contributed by atoms with Crippen LogP contribution in [-0.4, -0.2) is 0 Å². The van der Waals surface area contributed by atoms with Gasteiger partial charge in [0, 0.05) is 12.1 Å². The predicted molar refractivity (Wildman–Crippen MR) is 125 cm³/mol. The van der Waals surface area contributed by atoms with Crippen molar-refractivity contribution in [3.05, 3.63) is 65.0 Å². The summed E-state index contributed by atoms with van der Waals surface area (Å²) in [5.74, 6) is -4.54. The molecule has 188 valence electrons. The molecule has 2 aromatic carbocycles. The molecule has 34 heavy (non-hydrogen) atoms. The maximum absolute atomic E-state index is 14.5. The molecule has 1 saturated carbocycles. The number of hydrogen-bond acceptors (Lipinski definition) is 1. The van der Waals surface area contributed by atoms with Gasteiger partial charge in [0.05, 0.1) is 5.56 Å². The molecule has 0 spiro atoms. The van der Waals surface area contributed by atoms with Gasteiger partial charge in [0.1, 0.15) is 5.75 Å². The molecule has 1 nitrogen and oxygen atoms in total. The van der Waals surface area contributed by atoms with Crippen molar-refractivity contribution in [3.63, 3.8) is 0 Å². The van der Waals surface area contributed by atoms with Gasteiger partial charge in [-0.3, -0.25) is 0 Å². The lowest BCUT2D eigenvalue weighted by molar-refractivity contribution is -0.185. The second-order valence-corrected chi connectivity index (χ2v) is 9.57. The molecule has 0 radical (unpaired) electrons. The summed E-state index contributed by atoms with van der Waals surface area (Å²) in [6.45, 7) is 2.23. The molecule has 6 heteroatoms. The Hall–Kier alpha value is -2.11. The zero-order chi connectivity index (χ0) is 24.6. The summed E-state index contributed by atoms with van der Waals surface area (Å²) in [6.07, 6.45) is 11.2. The van der Waals surface area contributed by atoms with Crippen LogP contribution in [0.1, 0.15) is 101 Å². The third kappa shape index (κ3) is 7.44. The zero-order valence-electron chi connectivity index (χ0n) is 19.9. The van der Waals surface area contributed by atoms with E-state index in [-0.39, 0.29) is 0 Å². The van der Waals surface area contributed by atoms with E-state index in [0.29, 0.717) is 18.1 Å². The Morgan fingerprint density at radius 3 is 1.94 bits per heavy atom. The standard InChI is InChI=1S/C28H35F5O/c1-2-3-4-5-6-7-8-9-20-10-12-21(13-11-20)22-14-16-23(17-15-22)28(32,33)34-24-18-25(29)27(31)26(30)19-24/h14-21H,2-13H2,1H3/t20-,21-. The van der Waals surface area contributed by atoms with Crippen LogP contribution in [0.2, 0.25) is 0 Å². The van der Waals surface area contributed by atoms with Gasteiger partial charge in [-0.25, -0.2) is 13.2 Å². The van der Waals surface area contributed by atoms with Crippen LogP contribution in [0.4, 0.5) is 22.0 Å². The Morgan fingerprint density at radius 1 is 0.794 bits per heavy atom. The molecule has 0 aromatic heterocycles. The smallest absolute Gasteiger partial charge is 0.426 e. The number of unbranched alkanes of at least 4 members (excludes halogenated alkanes) is 6. The molecule has 0 heterocycles. The van der Waals surface area contributed by atoms with Crippen LogP contribution in [0, 0.1) is 23.4 Å². The van der Waals surface area contributed by atoms with Crippen LogP contribution in [0.5, 0.6) is 5.75 Å². The Morgan fingerprint density at radius 2 is 1.35 bits per heavy atom. The number of halogens is 5. The highest BCUT2D eigenvalue weighted by molar-refractivity contribution is 5.30. The fourth-order valence-corrected chi connectivity index (χ4v) is 4.92. The minimum Gasteiger partial charge on any atom is -0.429 e. The summed E-state index contributed by atoms with van der Waals surface area (Å²) in [5.41, 5.74) is 0.599. The molecule has 0 unspecified atom stereocenters. The quantitative estimate of drug-likeness (QED) is 0.166. The number of hydrogen-bond donors (Lipinski definition) is 0. The van der Waals surface area contributed by atoms with E-state index in [2.05, 4.69) is 11.7 Å². The Bertz CT molecular complexity index is 865. The summed E-state index contributed by atoms with van der Waals surface area (Å²) in [6, 6.07) is 6.75. The fourth-order valence-electron chi connectivity index (χ4n) is 4.92. The van der Waals surface area contributed by atoms with Gasteiger partial charge in [-0.15, -0.1) is 0 Å². The summed E-state index contributed by atoms with van der Waals surface area (Å²) >= 11 is 0. The number of benzene rings is 2. The van der Waals surface area contributed by atoms with Crippen molar-refractivity contribution < 1.29 is 26.7 Å². The molecule has 0 bridgehead atoms. The lowest BCUT2D eigenvalue weighted by Gasteiger charge is -2.29. The van der Waals surface area contributed by atoms with Crippen molar-refractivity contribution in [1.82, 2.24) is 0 Å². The molecule has 1 fully saturated rings. The molecule has 0 amide bonds. The van der Waals surface area contributed by atoms with Crippen LogP contribution in [0.25, 0.3) is 0 Å². The van der Waals surface area contributed by atoms with Crippen LogP contribution in [-0.2, 0) is 6.11 Å². The SMILES string of the molecule is CCCCCCCCC[C@H]1CC[C@H](c2ccc(C(F)(F)Oc3cc(F)c(F)c(F)c3)cc2)CC1. The predicted octanol–water partition coefficient (Wildman–Crippen LogP) is 9.65. The van der Waals surface area contributed by atoms with E-state index in [4.69, 9.17) is 0 Å². The Labute approximate surface area is 199 Å². The topological polar surface area (TPSA) is 9.23 Å². The second kappa shape index (κ2) is 12.6. The largest absolute Gasteiger partial charge is 0.429 e. The van der Waals surface area contributed by atoms with E-state index < -0.39 is 34.9 Å². The highest BCUT2D eigenvalue weighted by Crippen LogP contribution is 2.39. The summed E-state index contributed by atoms with van der Waals surface area (Å²) in [7, 11) is 0. The van der Waals surface area contributed by atoms with Gasteiger partial charge in [0.25, 0.3) is 0 Å². The van der Waals surface area contributed by atoms with Gasteiger partial charge in [-0.1, -0.05) is 70.4 Å². The van der Waals surface area contributed by atoms with Crippen molar-refractivity contribution in [3.8, 4) is 5.75 Å². The molecule has 2 aromatic rings. The summed E-state index contributed by atoms with van der Waals surface area (Å²) in [4.78, 5) is 0. The van der Waals surface area contributed by atoms with Crippen LogP contribution >= 0.6 is 0 Å². The average Bonchev–Trinajstić information content (AvgIpc) is 2.82. The lowest BCUT2D eigenvalue weighted by atomic mass is 9.77. The molecule has 1 aliphatic carbocycles. The fraction of sp³-hybridized carbons (Fsp3) is 0.571. The monoisotopic (exact) mass is 482 g/mol. The van der Waals surface area contributed by atoms with Gasteiger partial charge in [0.2, 0.25) is 0 Å². The molecule has 1 aliphatic rings. The van der Waals surface area contributed by atoms with Gasteiger partial charge in [0.15, 0.2) is 17.5 Å². The minimum absolute atomic E-state index is 0.356. The number of ether oxygens (including phenoxy) is 1. The van der Waals surface area contributed by atoms with Crippen molar-refractivity contribution in [2.45, 2.75) is 96.0 Å². The second-order valence-electron chi connectivity index (χ2n) is 9.57. The molecule has 3 rings (SSSR count). The maximum atomic E-state index is 14.5. The molecular formula is C28H35F5O. The molecule has 0 N–H and O–H groups in total. The van der Waals surface area contributed by atoms with Crippen molar-refractivity contribution >= 4 is 0 Å². The van der Waals surface area contributed by atoms with Crippen molar-refractivity contribution in [2.75, 3.05) is 0 Å². The molecular weight excluding hydrogens is 447 g/mol. The Balaban J connectivity index is 1.46. The van der Waals surface area contributed by atoms with Gasteiger partial charge < -0.3 is 4.74 Å². The highest BCUT2D eigenvalue weighted by Gasteiger charge is 2.35. The number of alkyl halides is 2. The van der Waals surface area contributed by atoms with E-state index in [1.807, 2.05) is 0 Å². The summed E-state index contributed by atoms with van der Waals surface area (Å²) in [5, 5.41) is 0. The third-order valence-electron chi connectivity index (χ3n) is 6.98. The maximum Gasteiger partial charge on any atom is 0.426 e. The minimum atomic E-state index is -3.80. The first-order chi connectivity index (χ1) is 16.3. The van der Waals surface area contributed by atoms with Crippen molar-refractivity contribution in [2.24, 2.45) is 5.92 Å². The average molecular weight is 483 g/mol. The lowest BCUT2D eigenvalue weighted by Crippen LogP contribution is -2.22. The summed E-state index contributed by atoms with van der Waals surface area (Å²) < 4.78 is 73.2. The van der Waals surface area contributed by atoms with E-state index in [0.717, 1.165) is 24.3 Å². The van der Waals surface area contributed by atoms with E-state index in [1.165, 1.54) is 76.3 Å². The first-order valence-electron chi connectivity index (χ1n) is 12.6. The molecule has 0 aliphatic heterocycles. The van der Waals surface area contributed by atoms with Crippen LogP contribution in [0.3, 0.4) is 0 Å². The highest BCUT2D eigenvalue weighted by atomic mass is 19.3. The van der Waals surface area contributed by atoms with Crippen LogP contribution < -0.4 is 4.74 Å². The van der Waals surface area contributed by atoms with E-state index in [1.54, 1.807) is 12.1 Å². The number of rotatable bonds is 12. The first-order valence-corrected chi connectivity index (χ1v) is 12.6. The third-order valence-corrected chi connectivity index (χ3v) is 6.98. The molecule has 0 atom stereocenters. The van der Waals surface area contributed by atoms with Gasteiger partial charge in [-0.2, -0.15) is 8.78 Å². The van der Waals surface area contributed by atoms with E-state index >= 15 is 0 Å². The normalized spacial score (nSPS) is 18.8. The van der Waals surface area contributed by atoms with Gasteiger partial charge in [-0.05, 0) is 55.2 Å². The van der Waals surface area contributed by atoms with Crippen molar-refractivity contribution in [1.29, 1.82) is 0 Å².